The van der Waals surface area contributed by atoms with E-state index in [0.717, 1.165) is 10.0 Å². The van der Waals surface area contributed by atoms with Crippen LogP contribution >= 0.6 is 15.9 Å². The number of hydrogen-bond acceptors (Lipinski definition) is 3. The molecule has 2 heterocycles. The molecule has 6 heteroatoms. The molecule has 0 bridgehead atoms. The Labute approximate surface area is 116 Å². The predicted octanol–water partition coefficient (Wildman–Crippen LogP) is 2.86. The summed E-state index contributed by atoms with van der Waals surface area (Å²) in [6, 6.07) is 10.7. The van der Waals surface area contributed by atoms with Gasteiger partial charge in [0.05, 0.1) is 5.56 Å². The molecule has 19 heavy (non-hydrogen) atoms. The molecule has 0 aliphatic heterocycles. The fourth-order valence-corrected chi connectivity index (χ4v) is 2.25. The minimum atomic E-state index is -0.977. The summed E-state index contributed by atoms with van der Waals surface area (Å²) in [4.78, 5) is 10.9. The van der Waals surface area contributed by atoms with Gasteiger partial charge in [0.25, 0.3) is 0 Å². The van der Waals surface area contributed by atoms with E-state index in [0.29, 0.717) is 11.5 Å². The van der Waals surface area contributed by atoms with Gasteiger partial charge in [-0.25, -0.2) is 4.79 Å². The molecule has 0 radical (unpaired) electrons. The molecule has 0 saturated heterocycles. The minimum absolute atomic E-state index is 0.195. The SMILES string of the molecule is O=C(O)c1ccn2c(-c3cccc(Br)c3)nnc2c1. The van der Waals surface area contributed by atoms with E-state index >= 15 is 0 Å². The van der Waals surface area contributed by atoms with Crippen LogP contribution in [0, 0.1) is 0 Å². The van der Waals surface area contributed by atoms with Crippen LogP contribution in [-0.2, 0) is 0 Å². The Balaban J connectivity index is 2.18. The minimum Gasteiger partial charge on any atom is -0.478 e. The largest absolute Gasteiger partial charge is 0.478 e. The number of halogens is 1. The summed E-state index contributed by atoms with van der Waals surface area (Å²) in [6.07, 6.45) is 1.66. The van der Waals surface area contributed by atoms with Gasteiger partial charge >= 0.3 is 5.97 Å². The van der Waals surface area contributed by atoms with E-state index in [1.165, 1.54) is 12.1 Å². The Hall–Kier alpha value is -2.21. The average Bonchev–Trinajstić information content (AvgIpc) is 2.81. The molecule has 0 atom stereocenters. The van der Waals surface area contributed by atoms with Crippen LogP contribution in [-0.4, -0.2) is 25.7 Å². The van der Waals surface area contributed by atoms with Gasteiger partial charge in [-0.2, -0.15) is 0 Å². The number of rotatable bonds is 2. The zero-order valence-corrected chi connectivity index (χ0v) is 11.2. The summed E-state index contributed by atoms with van der Waals surface area (Å²) in [6.45, 7) is 0. The molecule has 0 amide bonds. The van der Waals surface area contributed by atoms with Crippen LogP contribution in [0.2, 0.25) is 0 Å². The molecule has 94 valence electrons. The number of fused-ring (bicyclic) bond motifs is 1. The molecule has 0 aliphatic carbocycles. The molecule has 3 rings (SSSR count). The third kappa shape index (κ3) is 2.10. The highest BCUT2D eigenvalue weighted by Gasteiger charge is 2.10. The Bertz CT molecular complexity index is 782. The molecule has 2 aromatic heterocycles. The number of hydrogen-bond donors (Lipinski definition) is 1. The van der Waals surface area contributed by atoms with Crippen LogP contribution < -0.4 is 0 Å². The second kappa shape index (κ2) is 4.47. The van der Waals surface area contributed by atoms with Crippen molar-refractivity contribution in [2.24, 2.45) is 0 Å². The molecular formula is C13H8BrN3O2. The van der Waals surface area contributed by atoms with Crippen LogP contribution in [0.5, 0.6) is 0 Å². The van der Waals surface area contributed by atoms with E-state index in [1.54, 1.807) is 10.6 Å². The number of aromatic carboxylic acids is 1. The van der Waals surface area contributed by atoms with Crippen molar-refractivity contribution >= 4 is 27.5 Å². The zero-order valence-electron chi connectivity index (χ0n) is 9.62. The number of carboxylic acid groups (broad SMARTS) is 1. The van der Waals surface area contributed by atoms with Crippen molar-refractivity contribution in [2.45, 2.75) is 0 Å². The van der Waals surface area contributed by atoms with Gasteiger partial charge in [0.2, 0.25) is 0 Å². The van der Waals surface area contributed by atoms with Crippen LogP contribution in [0.25, 0.3) is 17.0 Å². The van der Waals surface area contributed by atoms with Crippen LogP contribution in [0.1, 0.15) is 10.4 Å². The molecule has 0 saturated carbocycles. The molecule has 5 nitrogen and oxygen atoms in total. The highest BCUT2D eigenvalue weighted by atomic mass is 79.9. The van der Waals surface area contributed by atoms with Crippen molar-refractivity contribution in [2.75, 3.05) is 0 Å². The molecule has 0 aliphatic rings. The fourth-order valence-electron chi connectivity index (χ4n) is 1.85. The van der Waals surface area contributed by atoms with E-state index in [-0.39, 0.29) is 5.56 Å². The number of nitrogens with zero attached hydrogens (tertiary/aromatic N) is 3. The van der Waals surface area contributed by atoms with Crippen LogP contribution in [0.3, 0.4) is 0 Å². The average molecular weight is 318 g/mol. The quantitative estimate of drug-likeness (QED) is 0.789. The zero-order chi connectivity index (χ0) is 13.4. The Kier molecular flexibility index (Phi) is 2.79. The smallest absolute Gasteiger partial charge is 0.335 e. The molecule has 1 aromatic carbocycles. The van der Waals surface area contributed by atoms with Gasteiger partial charge in [0.15, 0.2) is 11.5 Å². The molecule has 0 unspecified atom stereocenters. The van der Waals surface area contributed by atoms with Crippen molar-refractivity contribution in [1.29, 1.82) is 0 Å². The summed E-state index contributed by atoms with van der Waals surface area (Å²) >= 11 is 3.41. The molecule has 0 spiro atoms. The maximum absolute atomic E-state index is 10.9. The van der Waals surface area contributed by atoms with Gasteiger partial charge in [0.1, 0.15) is 0 Å². The monoisotopic (exact) mass is 317 g/mol. The van der Waals surface area contributed by atoms with E-state index in [4.69, 9.17) is 5.11 Å². The Morgan fingerprint density at radius 1 is 1.21 bits per heavy atom. The topological polar surface area (TPSA) is 67.5 Å². The third-order valence-electron chi connectivity index (χ3n) is 2.74. The lowest BCUT2D eigenvalue weighted by Crippen LogP contribution is -1.98. The number of carbonyl (C=O) groups is 1. The highest BCUT2D eigenvalue weighted by Crippen LogP contribution is 2.22. The maximum Gasteiger partial charge on any atom is 0.335 e. The Morgan fingerprint density at radius 3 is 2.79 bits per heavy atom. The molecule has 3 aromatic rings. The highest BCUT2D eigenvalue weighted by molar-refractivity contribution is 9.10. The molecular weight excluding hydrogens is 310 g/mol. The van der Waals surface area contributed by atoms with Gasteiger partial charge in [0, 0.05) is 16.2 Å². The molecule has 1 N–H and O–H groups in total. The fraction of sp³-hybridized carbons (Fsp3) is 0. The van der Waals surface area contributed by atoms with Crippen molar-refractivity contribution in [3.8, 4) is 11.4 Å². The predicted molar refractivity (Wildman–Crippen MR) is 73.1 cm³/mol. The number of benzene rings is 1. The first-order chi connectivity index (χ1) is 9.15. The molecule has 0 fully saturated rings. The Morgan fingerprint density at radius 2 is 2.05 bits per heavy atom. The van der Waals surface area contributed by atoms with Crippen molar-refractivity contribution in [3.05, 3.63) is 52.6 Å². The lowest BCUT2D eigenvalue weighted by molar-refractivity contribution is 0.0697. The first-order valence-electron chi connectivity index (χ1n) is 5.49. The second-order valence-corrected chi connectivity index (χ2v) is 4.90. The standard InChI is InChI=1S/C13H8BrN3O2/c14-10-3-1-2-8(6-10)12-16-15-11-7-9(13(18)19)4-5-17(11)12/h1-7H,(H,18,19). The first kappa shape index (κ1) is 11.9. The second-order valence-electron chi connectivity index (χ2n) is 3.98. The normalized spacial score (nSPS) is 10.8. The number of pyridine rings is 1. The number of aromatic nitrogens is 3. The maximum atomic E-state index is 10.9. The van der Waals surface area contributed by atoms with Gasteiger partial charge in [-0.05, 0) is 24.3 Å². The summed E-state index contributed by atoms with van der Waals surface area (Å²) in [5, 5.41) is 17.0. The van der Waals surface area contributed by atoms with Gasteiger partial charge in [-0.1, -0.05) is 28.1 Å². The summed E-state index contributed by atoms with van der Waals surface area (Å²) < 4.78 is 2.71. The van der Waals surface area contributed by atoms with Gasteiger partial charge < -0.3 is 5.11 Å². The third-order valence-corrected chi connectivity index (χ3v) is 3.23. The van der Waals surface area contributed by atoms with E-state index in [9.17, 15) is 4.79 Å². The van der Waals surface area contributed by atoms with E-state index in [2.05, 4.69) is 26.1 Å². The van der Waals surface area contributed by atoms with Gasteiger partial charge in [-0.15, -0.1) is 10.2 Å². The van der Waals surface area contributed by atoms with Gasteiger partial charge in [-0.3, -0.25) is 4.40 Å². The lowest BCUT2D eigenvalue weighted by atomic mass is 10.2. The summed E-state index contributed by atoms with van der Waals surface area (Å²) in [5.41, 5.74) is 1.61. The van der Waals surface area contributed by atoms with Crippen molar-refractivity contribution in [1.82, 2.24) is 14.6 Å². The van der Waals surface area contributed by atoms with Crippen LogP contribution in [0.15, 0.2) is 47.1 Å². The van der Waals surface area contributed by atoms with Crippen LogP contribution in [0.4, 0.5) is 0 Å². The van der Waals surface area contributed by atoms with Crippen molar-refractivity contribution in [3.63, 3.8) is 0 Å². The first-order valence-corrected chi connectivity index (χ1v) is 6.28. The lowest BCUT2D eigenvalue weighted by Gasteiger charge is -2.01. The van der Waals surface area contributed by atoms with E-state index < -0.39 is 5.97 Å². The number of carboxylic acids is 1. The summed E-state index contributed by atoms with van der Waals surface area (Å²) in [5.74, 6) is -0.303. The summed E-state index contributed by atoms with van der Waals surface area (Å²) in [7, 11) is 0. The van der Waals surface area contributed by atoms with Crippen molar-refractivity contribution < 1.29 is 9.90 Å². The van der Waals surface area contributed by atoms with E-state index in [1.807, 2.05) is 24.3 Å².